The van der Waals surface area contributed by atoms with Gasteiger partial charge in [-0.25, -0.2) is 4.21 Å². The standard InChI is InChI=1S/C18H16O4S/c1-10(2)13-7-11(9-16(19)20)8-14-17(21)12-5-3-4-6-15(12)23(22)18(13)14/h3-8,10H,9H2,1-2H3,(H,19,20). The Kier molecular flexibility index (Phi) is 3.90. The van der Waals surface area contributed by atoms with Crippen LogP contribution in [0, 0.1) is 0 Å². The van der Waals surface area contributed by atoms with Gasteiger partial charge in [0, 0.05) is 11.1 Å². The zero-order valence-corrected chi connectivity index (χ0v) is 13.6. The van der Waals surface area contributed by atoms with E-state index in [0.29, 0.717) is 26.5 Å². The van der Waals surface area contributed by atoms with Gasteiger partial charge in [0.15, 0.2) is 5.78 Å². The van der Waals surface area contributed by atoms with Crippen molar-refractivity contribution in [2.45, 2.75) is 36.0 Å². The molecule has 0 saturated carbocycles. The van der Waals surface area contributed by atoms with Crippen molar-refractivity contribution in [1.82, 2.24) is 0 Å². The molecule has 3 rings (SSSR count). The first kappa shape index (κ1) is 15.6. The molecule has 1 aliphatic heterocycles. The molecule has 1 aliphatic rings. The number of hydrogen-bond donors (Lipinski definition) is 1. The van der Waals surface area contributed by atoms with Crippen LogP contribution < -0.4 is 0 Å². The second-order valence-electron chi connectivity index (χ2n) is 5.88. The van der Waals surface area contributed by atoms with Crippen LogP contribution in [0.1, 0.15) is 46.8 Å². The highest BCUT2D eigenvalue weighted by Gasteiger charge is 2.31. The maximum Gasteiger partial charge on any atom is 0.307 e. The molecule has 2 aromatic rings. The molecule has 0 amide bonds. The van der Waals surface area contributed by atoms with E-state index in [9.17, 15) is 13.8 Å². The second-order valence-corrected chi connectivity index (χ2v) is 7.27. The van der Waals surface area contributed by atoms with E-state index in [2.05, 4.69) is 0 Å². The van der Waals surface area contributed by atoms with E-state index in [1.807, 2.05) is 13.8 Å². The van der Waals surface area contributed by atoms with Gasteiger partial charge in [-0.1, -0.05) is 32.0 Å². The smallest absolute Gasteiger partial charge is 0.307 e. The predicted octanol–water partition coefficient (Wildman–Crippen LogP) is 3.15. The van der Waals surface area contributed by atoms with Gasteiger partial charge in [0.1, 0.15) is 0 Å². The summed E-state index contributed by atoms with van der Waals surface area (Å²) in [6, 6.07) is 10.2. The zero-order chi connectivity index (χ0) is 16.7. The Morgan fingerprint density at radius 3 is 2.52 bits per heavy atom. The molecule has 5 heteroatoms. The largest absolute Gasteiger partial charge is 0.481 e. The predicted molar refractivity (Wildman–Crippen MR) is 86.4 cm³/mol. The molecule has 0 saturated heterocycles. The third-order valence-corrected chi connectivity index (χ3v) is 5.50. The average molecular weight is 328 g/mol. The van der Waals surface area contributed by atoms with Gasteiger partial charge in [-0.3, -0.25) is 9.59 Å². The van der Waals surface area contributed by atoms with Crippen LogP contribution in [0.15, 0.2) is 46.2 Å². The average Bonchev–Trinajstić information content (AvgIpc) is 2.51. The number of ketones is 1. The van der Waals surface area contributed by atoms with Gasteiger partial charge < -0.3 is 5.11 Å². The lowest BCUT2D eigenvalue weighted by atomic mass is 9.92. The number of fused-ring (bicyclic) bond motifs is 2. The SMILES string of the molecule is CC(C)c1cc(CC(=O)O)cc2c1S(=O)c1ccccc1C2=O. The fourth-order valence-corrected chi connectivity index (χ4v) is 4.51. The highest BCUT2D eigenvalue weighted by molar-refractivity contribution is 7.85. The van der Waals surface area contributed by atoms with Crippen molar-refractivity contribution in [2.75, 3.05) is 0 Å². The molecule has 0 aromatic heterocycles. The summed E-state index contributed by atoms with van der Waals surface area (Å²) < 4.78 is 13.0. The molecule has 0 aliphatic carbocycles. The summed E-state index contributed by atoms with van der Waals surface area (Å²) in [5.74, 6) is -1.10. The Bertz CT molecular complexity index is 852. The van der Waals surface area contributed by atoms with Gasteiger partial charge in [-0.15, -0.1) is 0 Å². The van der Waals surface area contributed by atoms with Crippen LogP contribution in [0.2, 0.25) is 0 Å². The maximum absolute atomic E-state index is 13.0. The molecular weight excluding hydrogens is 312 g/mol. The van der Waals surface area contributed by atoms with Gasteiger partial charge in [-0.05, 0) is 35.2 Å². The van der Waals surface area contributed by atoms with Crippen molar-refractivity contribution < 1.29 is 18.9 Å². The van der Waals surface area contributed by atoms with Crippen LogP contribution in [0.25, 0.3) is 0 Å². The Morgan fingerprint density at radius 2 is 1.87 bits per heavy atom. The molecule has 0 fully saturated rings. The molecule has 23 heavy (non-hydrogen) atoms. The summed E-state index contributed by atoms with van der Waals surface area (Å²) in [5.41, 5.74) is 2.13. The third-order valence-electron chi connectivity index (χ3n) is 3.92. The molecular formula is C18H16O4S. The highest BCUT2D eigenvalue weighted by Crippen LogP contribution is 2.37. The van der Waals surface area contributed by atoms with E-state index in [4.69, 9.17) is 5.11 Å². The first-order valence-corrected chi connectivity index (χ1v) is 8.49. The number of carboxylic acids is 1. The Morgan fingerprint density at radius 1 is 1.17 bits per heavy atom. The van der Waals surface area contributed by atoms with Gasteiger partial charge in [0.05, 0.1) is 27.0 Å². The normalized spacial score (nSPS) is 16.1. The maximum atomic E-state index is 13.0. The molecule has 0 radical (unpaired) electrons. The van der Waals surface area contributed by atoms with Crippen LogP contribution in [0.5, 0.6) is 0 Å². The summed E-state index contributed by atoms with van der Waals surface area (Å²) in [5, 5.41) is 9.03. The second kappa shape index (κ2) is 5.74. The topological polar surface area (TPSA) is 71.4 Å². The minimum absolute atomic E-state index is 0.0412. The molecule has 0 bridgehead atoms. The van der Waals surface area contributed by atoms with E-state index in [0.717, 1.165) is 5.56 Å². The van der Waals surface area contributed by atoms with Crippen LogP contribution >= 0.6 is 0 Å². The van der Waals surface area contributed by atoms with Crippen molar-refractivity contribution >= 4 is 22.6 Å². The number of carbonyl (C=O) groups excluding carboxylic acids is 1. The molecule has 2 aromatic carbocycles. The van der Waals surface area contributed by atoms with Gasteiger partial charge in [0.25, 0.3) is 0 Å². The van der Waals surface area contributed by atoms with Crippen molar-refractivity contribution in [3.63, 3.8) is 0 Å². The lowest BCUT2D eigenvalue weighted by Crippen LogP contribution is -2.19. The molecule has 0 spiro atoms. The molecule has 1 N–H and O–H groups in total. The van der Waals surface area contributed by atoms with Gasteiger partial charge in [-0.2, -0.15) is 0 Å². The van der Waals surface area contributed by atoms with Gasteiger partial charge in [0.2, 0.25) is 0 Å². The summed E-state index contributed by atoms with van der Waals surface area (Å²) in [7, 11) is -1.43. The number of hydrogen-bond acceptors (Lipinski definition) is 3. The van der Waals surface area contributed by atoms with Crippen LogP contribution in [-0.4, -0.2) is 21.1 Å². The monoisotopic (exact) mass is 328 g/mol. The number of aliphatic carboxylic acids is 1. The Labute approximate surface area is 136 Å². The Balaban J connectivity index is 2.28. The molecule has 4 nitrogen and oxygen atoms in total. The van der Waals surface area contributed by atoms with Crippen molar-refractivity contribution in [1.29, 1.82) is 0 Å². The van der Waals surface area contributed by atoms with Crippen LogP contribution in [-0.2, 0) is 22.0 Å². The van der Waals surface area contributed by atoms with E-state index in [1.165, 1.54) is 0 Å². The van der Waals surface area contributed by atoms with Crippen molar-refractivity contribution in [3.05, 3.63) is 58.7 Å². The van der Waals surface area contributed by atoms with Crippen LogP contribution in [0.4, 0.5) is 0 Å². The van der Waals surface area contributed by atoms with Crippen molar-refractivity contribution in [2.24, 2.45) is 0 Å². The lowest BCUT2D eigenvalue weighted by Gasteiger charge is -2.23. The molecule has 118 valence electrons. The minimum atomic E-state index is -1.43. The first-order valence-electron chi connectivity index (χ1n) is 7.34. The number of benzene rings is 2. The Hall–Kier alpha value is -2.27. The molecule has 1 unspecified atom stereocenters. The van der Waals surface area contributed by atoms with Crippen molar-refractivity contribution in [3.8, 4) is 0 Å². The van der Waals surface area contributed by atoms with E-state index < -0.39 is 16.8 Å². The summed E-state index contributed by atoms with van der Waals surface area (Å²) in [6.45, 7) is 3.89. The fraction of sp³-hybridized carbons (Fsp3) is 0.222. The van der Waals surface area contributed by atoms with Crippen LogP contribution in [0.3, 0.4) is 0 Å². The highest BCUT2D eigenvalue weighted by atomic mass is 32.2. The van der Waals surface area contributed by atoms with Gasteiger partial charge >= 0.3 is 5.97 Å². The first-order chi connectivity index (χ1) is 10.9. The van der Waals surface area contributed by atoms with E-state index >= 15 is 0 Å². The number of carbonyl (C=O) groups is 2. The zero-order valence-electron chi connectivity index (χ0n) is 12.8. The third kappa shape index (κ3) is 2.61. The number of carboxylic acid groups (broad SMARTS) is 1. The molecule has 1 atom stereocenters. The minimum Gasteiger partial charge on any atom is -0.481 e. The van der Waals surface area contributed by atoms with E-state index in [1.54, 1.807) is 36.4 Å². The fourth-order valence-electron chi connectivity index (χ4n) is 2.87. The number of rotatable bonds is 3. The summed E-state index contributed by atoms with van der Waals surface area (Å²) >= 11 is 0. The van der Waals surface area contributed by atoms with E-state index in [-0.39, 0.29) is 18.1 Å². The quantitative estimate of drug-likeness (QED) is 0.802. The summed E-state index contributed by atoms with van der Waals surface area (Å²) in [6.07, 6.45) is -0.158. The lowest BCUT2D eigenvalue weighted by molar-refractivity contribution is -0.136. The summed E-state index contributed by atoms with van der Waals surface area (Å²) in [4.78, 5) is 24.9. The molecule has 1 heterocycles.